The van der Waals surface area contributed by atoms with E-state index >= 15 is 0 Å². The lowest BCUT2D eigenvalue weighted by atomic mass is 10.1. The molecule has 168 valence electrons. The zero-order chi connectivity index (χ0) is 22.1. The van der Waals surface area contributed by atoms with Gasteiger partial charge in [-0.05, 0) is 48.9 Å². The van der Waals surface area contributed by atoms with Crippen LogP contribution in [-0.4, -0.2) is 55.9 Å². The Bertz CT molecular complexity index is 843. The van der Waals surface area contributed by atoms with Gasteiger partial charge in [-0.25, -0.2) is 0 Å². The minimum atomic E-state index is -0.119. The molecule has 0 unspecified atom stereocenters. The number of nitrogens with zero attached hydrogens (tertiary/aromatic N) is 2. The van der Waals surface area contributed by atoms with Crippen LogP contribution in [0, 0.1) is 6.92 Å². The number of aryl methyl sites for hydroxylation is 1. The summed E-state index contributed by atoms with van der Waals surface area (Å²) in [7, 11) is 3.51. The van der Waals surface area contributed by atoms with Crippen LogP contribution in [0.4, 0.5) is 0 Å². The Kier molecular flexibility index (Phi) is 8.74. The zero-order valence-electron chi connectivity index (χ0n) is 19.0. The highest BCUT2D eigenvalue weighted by Gasteiger charge is 2.16. The van der Waals surface area contributed by atoms with Crippen LogP contribution in [0.2, 0.25) is 0 Å². The molecule has 6 nitrogen and oxygen atoms in total. The van der Waals surface area contributed by atoms with E-state index in [1.54, 1.807) is 14.2 Å². The SMILES string of the molecule is CN=C(NCCc1cc(C)ccc1OC)NCc1ccc(CN2CCC(O)CC2)cc1. The largest absolute Gasteiger partial charge is 0.496 e. The number of hydrogen-bond acceptors (Lipinski definition) is 4. The number of hydrogen-bond donors (Lipinski definition) is 3. The molecule has 1 fully saturated rings. The third-order valence-corrected chi connectivity index (χ3v) is 5.79. The molecule has 1 aliphatic heterocycles. The van der Waals surface area contributed by atoms with Gasteiger partial charge in [0.1, 0.15) is 5.75 Å². The fourth-order valence-electron chi connectivity index (χ4n) is 3.92. The van der Waals surface area contributed by atoms with Gasteiger partial charge in [0, 0.05) is 39.8 Å². The van der Waals surface area contributed by atoms with Crippen LogP contribution in [-0.2, 0) is 19.5 Å². The van der Waals surface area contributed by atoms with E-state index in [-0.39, 0.29) is 6.10 Å². The summed E-state index contributed by atoms with van der Waals surface area (Å²) in [6.07, 6.45) is 2.51. The second-order valence-corrected chi connectivity index (χ2v) is 8.24. The molecule has 0 atom stereocenters. The number of piperidine rings is 1. The van der Waals surface area contributed by atoms with E-state index in [1.165, 1.54) is 22.3 Å². The number of rotatable bonds is 8. The van der Waals surface area contributed by atoms with Gasteiger partial charge in [0.15, 0.2) is 5.96 Å². The Labute approximate surface area is 186 Å². The summed E-state index contributed by atoms with van der Waals surface area (Å²) in [5.41, 5.74) is 4.97. The average Bonchev–Trinajstić information content (AvgIpc) is 2.79. The van der Waals surface area contributed by atoms with Gasteiger partial charge in [-0.3, -0.25) is 9.89 Å². The van der Waals surface area contributed by atoms with Gasteiger partial charge in [-0.2, -0.15) is 0 Å². The lowest BCUT2D eigenvalue weighted by molar-refractivity contribution is 0.0792. The monoisotopic (exact) mass is 424 g/mol. The first kappa shape index (κ1) is 23.1. The predicted molar refractivity (Wildman–Crippen MR) is 127 cm³/mol. The predicted octanol–water partition coefficient (Wildman–Crippen LogP) is 2.87. The van der Waals surface area contributed by atoms with E-state index in [0.717, 1.165) is 63.7 Å². The standard InChI is InChI=1S/C25H36N4O2/c1-19-4-9-24(31-3)22(16-19)10-13-27-25(26-2)28-17-20-5-7-21(8-6-20)18-29-14-11-23(30)12-15-29/h4-9,16,23,30H,10-15,17-18H2,1-3H3,(H2,26,27,28). The summed E-state index contributed by atoms with van der Waals surface area (Å²) in [6.45, 7) is 6.50. The molecule has 0 amide bonds. The molecule has 1 heterocycles. The van der Waals surface area contributed by atoms with Crippen molar-refractivity contribution in [1.82, 2.24) is 15.5 Å². The molecule has 0 aliphatic carbocycles. The molecule has 2 aromatic carbocycles. The Morgan fingerprint density at radius 1 is 1.10 bits per heavy atom. The summed E-state index contributed by atoms with van der Waals surface area (Å²) in [6, 6.07) is 15.0. The van der Waals surface area contributed by atoms with Crippen molar-refractivity contribution in [3.8, 4) is 5.75 Å². The van der Waals surface area contributed by atoms with E-state index in [0.29, 0.717) is 0 Å². The number of aliphatic imine (C=N–C) groups is 1. The van der Waals surface area contributed by atoms with E-state index in [1.807, 2.05) is 6.07 Å². The third-order valence-electron chi connectivity index (χ3n) is 5.79. The van der Waals surface area contributed by atoms with E-state index in [2.05, 4.69) is 63.8 Å². The van der Waals surface area contributed by atoms with Crippen LogP contribution in [0.25, 0.3) is 0 Å². The molecule has 0 radical (unpaired) electrons. The molecule has 3 rings (SSSR count). The summed E-state index contributed by atoms with van der Waals surface area (Å²) >= 11 is 0. The molecule has 1 aliphatic rings. The molecule has 2 aromatic rings. The number of nitrogens with one attached hydrogen (secondary N) is 2. The Hall–Kier alpha value is -2.57. The zero-order valence-corrected chi connectivity index (χ0v) is 19.0. The third kappa shape index (κ3) is 7.26. The van der Waals surface area contributed by atoms with Crippen molar-refractivity contribution in [3.05, 3.63) is 64.7 Å². The Balaban J connectivity index is 1.42. The van der Waals surface area contributed by atoms with Crippen molar-refractivity contribution < 1.29 is 9.84 Å². The quantitative estimate of drug-likeness (QED) is 0.449. The van der Waals surface area contributed by atoms with Gasteiger partial charge in [0.2, 0.25) is 0 Å². The fraction of sp³-hybridized carbons (Fsp3) is 0.480. The molecular weight excluding hydrogens is 388 g/mol. The number of guanidine groups is 1. The van der Waals surface area contributed by atoms with Crippen molar-refractivity contribution in [2.24, 2.45) is 4.99 Å². The maximum Gasteiger partial charge on any atom is 0.191 e. The molecule has 0 spiro atoms. The van der Waals surface area contributed by atoms with Crippen LogP contribution in [0.5, 0.6) is 5.75 Å². The lowest BCUT2D eigenvalue weighted by Crippen LogP contribution is -2.37. The molecule has 0 saturated carbocycles. The van der Waals surface area contributed by atoms with Crippen LogP contribution in [0.3, 0.4) is 0 Å². The van der Waals surface area contributed by atoms with Gasteiger partial charge in [0.25, 0.3) is 0 Å². The van der Waals surface area contributed by atoms with E-state index in [4.69, 9.17) is 4.74 Å². The fourth-order valence-corrected chi connectivity index (χ4v) is 3.92. The molecule has 1 saturated heterocycles. The van der Waals surface area contributed by atoms with E-state index in [9.17, 15) is 5.11 Å². The number of benzene rings is 2. The van der Waals surface area contributed by atoms with Gasteiger partial charge in [0.05, 0.1) is 13.2 Å². The van der Waals surface area contributed by atoms with Crippen molar-refractivity contribution in [2.45, 2.75) is 45.4 Å². The summed E-state index contributed by atoms with van der Waals surface area (Å²) in [5.74, 6) is 1.72. The molecule has 3 N–H and O–H groups in total. The summed E-state index contributed by atoms with van der Waals surface area (Å²) in [5, 5.41) is 16.4. The molecule has 0 aromatic heterocycles. The molecule has 6 heteroatoms. The van der Waals surface area contributed by atoms with E-state index < -0.39 is 0 Å². The number of methoxy groups -OCH3 is 1. The van der Waals surface area contributed by atoms with Crippen molar-refractivity contribution in [3.63, 3.8) is 0 Å². The lowest BCUT2D eigenvalue weighted by Gasteiger charge is -2.29. The average molecular weight is 425 g/mol. The minimum Gasteiger partial charge on any atom is -0.496 e. The molecular formula is C25H36N4O2. The minimum absolute atomic E-state index is 0.119. The Morgan fingerprint density at radius 3 is 2.48 bits per heavy atom. The van der Waals surface area contributed by atoms with Gasteiger partial charge < -0.3 is 20.5 Å². The van der Waals surface area contributed by atoms with Gasteiger partial charge in [-0.15, -0.1) is 0 Å². The molecule has 0 bridgehead atoms. The van der Waals surface area contributed by atoms with Gasteiger partial charge in [-0.1, -0.05) is 42.0 Å². The first-order valence-corrected chi connectivity index (χ1v) is 11.1. The number of aliphatic hydroxyl groups is 1. The van der Waals surface area contributed by atoms with Crippen LogP contribution < -0.4 is 15.4 Å². The topological polar surface area (TPSA) is 69.1 Å². The highest BCUT2D eigenvalue weighted by Crippen LogP contribution is 2.19. The first-order chi connectivity index (χ1) is 15.1. The van der Waals surface area contributed by atoms with Crippen molar-refractivity contribution >= 4 is 5.96 Å². The normalized spacial score (nSPS) is 15.7. The number of aliphatic hydroxyl groups excluding tert-OH is 1. The Morgan fingerprint density at radius 2 is 1.81 bits per heavy atom. The van der Waals surface area contributed by atoms with Crippen LogP contribution >= 0.6 is 0 Å². The maximum absolute atomic E-state index is 9.65. The number of likely N-dealkylation sites (tertiary alicyclic amines) is 1. The van der Waals surface area contributed by atoms with Crippen LogP contribution in [0.1, 0.15) is 35.1 Å². The smallest absolute Gasteiger partial charge is 0.191 e. The summed E-state index contributed by atoms with van der Waals surface area (Å²) < 4.78 is 5.46. The van der Waals surface area contributed by atoms with Crippen molar-refractivity contribution in [2.75, 3.05) is 33.8 Å². The van der Waals surface area contributed by atoms with Gasteiger partial charge >= 0.3 is 0 Å². The molecule has 31 heavy (non-hydrogen) atoms. The highest BCUT2D eigenvalue weighted by molar-refractivity contribution is 5.79. The summed E-state index contributed by atoms with van der Waals surface area (Å²) in [4.78, 5) is 6.74. The number of ether oxygens (including phenoxy) is 1. The first-order valence-electron chi connectivity index (χ1n) is 11.1. The second kappa shape index (κ2) is 11.7. The maximum atomic E-state index is 9.65. The second-order valence-electron chi connectivity index (χ2n) is 8.24. The van der Waals surface area contributed by atoms with Crippen LogP contribution in [0.15, 0.2) is 47.5 Å². The van der Waals surface area contributed by atoms with Crippen molar-refractivity contribution in [1.29, 1.82) is 0 Å². The highest BCUT2D eigenvalue weighted by atomic mass is 16.5.